The van der Waals surface area contributed by atoms with E-state index in [1.165, 1.54) is 21.4 Å². The number of imidazole rings is 1. The first-order valence-electron chi connectivity index (χ1n) is 18.0. The van der Waals surface area contributed by atoms with E-state index < -0.39 is 0 Å². The summed E-state index contributed by atoms with van der Waals surface area (Å²) in [5.74, 6) is 2.05. The zero-order chi connectivity index (χ0) is 36.9. The summed E-state index contributed by atoms with van der Waals surface area (Å²) in [6.45, 7) is 24.5. The maximum absolute atomic E-state index is 6.71. The Kier molecular flexibility index (Phi) is 9.02. The predicted molar refractivity (Wildman–Crippen MR) is 216 cm³/mol. The Labute approximate surface area is 330 Å². The second-order valence-electron chi connectivity index (χ2n) is 17.1. The average molecular weight is 899 g/mol. The molecule has 53 heavy (non-hydrogen) atoms. The molecule has 6 nitrogen and oxygen atoms in total. The van der Waals surface area contributed by atoms with Gasteiger partial charge in [0.05, 0.1) is 11.0 Å². The van der Waals surface area contributed by atoms with Crippen LogP contribution >= 0.6 is 11.5 Å². The van der Waals surface area contributed by atoms with Crippen LogP contribution in [0, 0.1) is 26.0 Å². The van der Waals surface area contributed by atoms with Gasteiger partial charge in [-0.15, -0.1) is 34.7 Å². The molecule has 8 rings (SSSR count). The Hall–Kier alpha value is -4.32. The molecule has 0 radical (unpaired) electrons. The van der Waals surface area contributed by atoms with Crippen molar-refractivity contribution in [3.63, 3.8) is 0 Å². The molecule has 0 spiro atoms. The first-order valence-corrected chi connectivity index (χ1v) is 18.7. The molecule has 0 saturated carbocycles. The number of aryl methyl sites for hydroxylation is 2. The normalized spacial score (nSPS) is 12.7. The van der Waals surface area contributed by atoms with Crippen molar-refractivity contribution in [3.05, 3.63) is 112 Å². The fraction of sp³-hybridized carbons (Fsp3) is 0.311. The Morgan fingerprint density at radius 2 is 1.49 bits per heavy atom. The molecule has 0 aliphatic rings. The van der Waals surface area contributed by atoms with Crippen molar-refractivity contribution in [1.29, 1.82) is 0 Å². The molecule has 0 fully saturated rings. The van der Waals surface area contributed by atoms with E-state index in [9.17, 15) is 0 Å². The standard InChI is InChI=1S/C45H45N5OS.Pt/c1-26-25-47-39(40-41(26)50-42(48-40)38(27(2)52-50)45(9,10)11)28-20-30(44(6,7)8)22-32(21-28)51-31-16-17-33-34-23-29(43(3,4)5)15-18-35(34)49(36(33)24-31)37-14-12-13-19-46-37;/h12-20,22-23,25H,1-11H3;/q-2;+2. The van der Waals surface area contributed by atoms with Crippen LogP contribution in [-0.2, 0) is 37.3 Å². The van der Waals surface area contributed by atoms with Crippen molar-refractivity contribution in [1.82, 2.24) is 23.3 Å². The summed E-state index contributed by atoms with van der Waals surface area (Å²) >= 11 is 1.76. The van der Waals surface area contributed by atoms with Crippen LogP contribution in [0.15, 0.2) is 73.1 Å². The zero-order valence-electron chi connectivity index (χ0n) is 32.3. The van der Waals surface area contributed by atoms with Crippen molar-refractivity contribution >= 4 is 50.0 Å². The zero-order valence-corrected chi connectivity index (χ0v) is 35.4. The summed E-state index contributed by atoms with van der Waals surface area (Å²) in [6.07, 6.45) is 3.79. The fourth-order valence-electron chi connectivity index (χ4n) is 7.30. The van der Waals surface area contributed by atoms with Crippen LogP contribution in [0.5, 0.6) is 11.5 Å². The summed E-state index contributed by atoms with van der Waals surface area (Å²) in [5, 5.41) is 2.27. The summed E-state index contributed by atoms with van der Waals surface area (Å²) in [4.78, 5) is 16.3. The molecule has 0 aliphatic heterocycles. The summed E-state index contributed by atoms with van der Waals surface area (Å²) in [7, 11) is 0. The smallest absolute Gasteiger partial charge is 0.503 e. The van der Waals surface area contributed by atoms with Crippen LogP contribution in [0.25, 0.3) is 55.6 Å². The first-order chi connectivity index (χ1) is 24.5. The van der Waals surface area contributed by atoms with Crippen molar-refractivity contribution in [2.75, 3.05) is 0 Å². The molecule has 3 aromatic carbocycles. The third-order valence-electron chi connectivity index (χ3n) is 9.96. The van der Waals surface area contributed by atoms with E-state index in [0.29, 0.717) is 11.5 Å². The maximum atomic E-state index is 6.71. The molecule has 0 aliphatic carbocycles. The van der Waals surface area contributed by atoms with Gasteiger partial charge in [-0.25, -0.2) is 13.8 Å². The third kappa shape index (κ3) is 6.40. The number of nitrogens with zero attached hydrogens (tertiary/aromatic N) is 5. The second kappa shape index (κ2) is 12.9. The second-order valence-corrected chi connectivity index (χ2v) is 18.2. The summed E-state index contributed by atoms with van der Waals surface area (Å²) < 4.78 is 11.2. The van der Waals surface area contributed by atoms with Crippen LogP contribution in [0.3, 0.4) is 0 Å². The van der Waals surface area contributed by atoms with Crippen molar-refractivity contribution in [2.45, 2.75) is 92.4 Å². The number of benzene rings is 3. The van der Waals surface area contributed by atoms with Gasteiger partial charge < -0.3 is 14.3 Å². The van der Waals surface area contributed by atoms with E-state index in [-0.39, 0.29) is 37.3 Å². The molecular weight excluding hydrogens is 854 g/mol. The van der Waals surface area contributed by atoms with Crippen molar-refractivity contribution < 1.29 is 25.8 Å². The molecule has 0 saturated heterocycles. The van der Waals surface area contributed by atoms with Crippen molar-refractivity contribution in [3.8, 4) is 28.6 Å². The number of aromatic nitrogens is 5. The third-order valence-corrected chi connectivity index (χ3v) is 11.0. The molecule has 5 aromatic heterocycles. The van der Waals surface area contributed by atoms with E-state index in [1.54, 1.807) is 11.5 Å². The minimum absolute atomic E-state index is 0. The number of rotatable bonds is 4. The number of fused-ring (bicyclic) bond motifs is 6. The quantitative estimate of drug-likeness (QED) is 0.165. The van der Waals surface area contributed by atoms with E-state index in [1.807, 2.05) is 36.7 Å². The molecular formula is C45H45N5OPtS. The van der Waals surface area contributed by atoms with E-state index in [0.717, 1.165) is 61.3 Å². The number of hydrogen-bond acceptors (Lipinski definition) is 5. The van der Waals surface area contributed by atoms with E-state index in [4.69, 9.17) is 19.7 Å². The predicted octanol–water partition coefficient (Wildman–Crippen LogP) is 12.0. The van der Waals surface area contributed by atoms with Gasteiger partial charge >= 0.3 is 21.1 Å². The maximum Gasteiger partial charge on any atom is 2.00 e. The van der Waals surface area contributed by atoms with Gasteiger partial charge in [0.25, 0.3) is 0 Å². The molecule has 0 bridgehead atoms. The van der Waals surface area contributed by atoms with Crippen LogP contribution in [0.4, 0.5) is 0 Å². The summed E-state index contributed by atoms with van der Waals surface area (Å²) in [6, 6.07) is 28.4. The SMILES string of the molecule is Cc1sn2c(nc3c(-c4[c-]c(Oc5[c-]c6c(cc5)c5cc(C(C)(C)C)ccc5n6-c5ccccn5)cc(C(C)(C)C)c4)ncc(C)c32)c1C(C)(C)C.[Pt+2]. The van der Waals surface area contributed by atoms with Crippen LogP contribution < -0.4 is 4.74 Å². The monoisotopic (exact) mass is 898 g/mol. The van der Waals surface area contributed by atoms with Gasteiger partial charge in [-0.05, 0) is 64.8 Å². The minimum atomic E-state index is -0.152. The van der Waals surface area contributed by atoms with Gasteiger partial charge in [-0.2, -0.15) is 6.07 Å². The topological polar surface area (TPSA) is 57.2 Å². The van der Waals surface area contributed by atoms with E-state index in [2.05, 4.69) is 133 Å². The molecule has 8 aromatic rings. The molecule has 8 heteroatoms. The van der Waals surface area contributed by atoms with Crippen LogP contribution in [-0.4, -0.2) is 23.3 Å². The molecule has 0 N–H and O–H groups in total. The summed E-state index contributed by atoms with van der Waals surface area (Å²) in [5.41, 5.74) is 11.2. The molecule has 0 atom stereocenters. The van der Waals surface area contributed by atoms with Gasteiger partial charge in [-0.1, -0.05) is 110 Å². The Balaban J connectivity index is 0.00000435. The fourth-order valence-corrected chi connectivity index (χ4v) is 8.60. The van der Waals surface area contributed by atoms with Crippen LogP contribution in [0.2, 0.25) is 0 Å². The number of ether oxygens (including phenoxy) is 1. The molecule has 5 heterocycles. The molecule has 0 amide bonds. The van der Waals surface area contributed by atoms with Gasteiger partial charge in [0.1, 0.15) is 5.82 Å². The minimum Gasteiger partial charge on any atom is -0.503 e. The average Bonchev–Trinajstić information content (AvgIpc) is 3.70. The van der Waals surface area contributed by atoms with E-state index >= 15 is 0 Å². The number of pyridine rings is 2. The van der Waals surface area contributed by atoms with Gasteiger partial charge in [-0.3, -0.25) is 0 Å². The first kappa shape index (κ1) is 37.0. The van der Waals surface area contributed by atoms with Crippen LogP contribution in [0.1, 0.15) is 89.4 Å². The number of hydrogen-bond donors (Lipinski definition) is 0. The Morgan fingerprint density at radius 3 is 2.17 bits per heavy atom. The Morgan fingerprint density at radius 1 is 0.736 bits per heavy atom. The molecule has 0 unspecified atom stereocenters. The molecule has 272 valence electrons. The largest absolute Gasteiger partial charge is 2.00 e. The van der Waals surface area contributed by atoms with Crippen molar-refractivity contribution in [2.24, 2.45) is 0 Å². The van der Waals surface area contributed by atoms with Gasteiger partial charge in [0.2, 0.25) is 0 Å². The van der Waals surface area contributed by atoms with Gasteiger partial charge in [0.15, 0.2) is 5.65 Å². The van der Waals surface area contributed by atoms with Gasteiger partial charge in [0, 0.05) is 45.5 Å². The Bertz CT molecular complexity index is 2680.